The van der Waals surface area contributed by atoms with Crippen molar-refractivity contribution >= 4 is 33.0 Å². The number of nitrogens with zero attached hydrogens (tertiary/aromatic N) is 4. The van der Waals surface area contributed by atoms with Gasteiger partial charge in [-0.15, -0.1) is 11.3 Å². The molecular weight excluding hydrogens is 436 g/mol. The Morgan fingerprint density at radius 1 is 1.09 bits per heavy atom. The Balaban J connectivity index is 1.22. The van der Waals surface area contributed by atoms with Crippen LogP contribution in [0.25, 0.3) is 15.7 Å². The largest absolute Gasteiger partial charge is 0.497 e. The van der Waals surface area contributed by atoms with Crippen molar-refractivity contribution in [3.05, 3.63) is 75.7 Å². The molecule has 1 amide bonds. The van der Waals surface area contributed by atoms with Gasteiger partial charge >= 0.3 is 0 Å². The molecule has 3 heterocycles. The van der Waals surface area contributed by atoms with Crippen LogP contribution >= 0.6 is 11.3 Å². The quantitative estimate of drug-likeness (QED) is 0.455. The fraction of sp³-hybridized carbons (Fsp3) is 0.320. The van der Waals surface area contributed by atoms with E-state index in [-0.39, 0.29) is 17.4 Å². The Bertz CT molecular complexity index is 1370. The lowest BCUT2D eigenvalue weighted by atomic mass is 9.96. The van der Waals surface area contributed by atoms with Gasteiger partial charge in [-0.2, -0.15) is 0 Å². The summed E-state index contributed by atoms with van der Waals surface area (Å²) >= 11 is 1.46. The molecule has 2 aromatic heterocycles. The van der Waals surface area contributed by atoms with Crippen molar-refractivity contribution in [3.63, 3.8) is 0 Å². The maximum absolute atomic E-state index is 13.2. The average molecular weight is 463 g/mol. The number of methoxy groups -OCH3 is 1. The van der Waals surface area contributed by atoms with Crippen LogP contribution in [-0.4, -0.2) is 58.4 Å². The highest BCUT2D eigenvalue weighted by atomic mass is 32.1. The molecule has 0 aliphatic carbocycles. The summed E-state index contributed by atoms with van der Waals surface area (Å²) in [5.74, 6) is 0.776. The third-order valence-electron chi connectivity index (χ3n) is 6.37. The molecule has 5 rings (SSSR count). The topological polar surface area (TPSA) is 67.2 Å². The van der Waals surface area contributed by atoms with E-state index >= 15 is 0 Å². The Kier molecular flexibility index (Phi) is 5.86. The SMILES string of the molecule is COc1ccc2cc([C@H](C)C(=O)N3CCN(Cc4cc(=O)n5ccsc5n4)CC3)ccc2c1. The number of rotatable bonds is 5. The molecule has 1 saturated heterocycles. The van der Waals surface area contributed by atoms with Crippen molar-refractivity contribution in [1.29, 1.82) is 0 Å². The van der Waals surface area contributed by atoms with Gasteiger partial charge in [-0.1, -0.05) is 24.3 Å². The summed E-state index contributed by atoms with van der Waals surface area (Å²) in [6.07, 6.45) is 1.75. The molecule has 170 valence electrons. The van der Waals surface area contributed by atoms with Gasteiger partial charge in [-0.3, -0.25) is 18.9 Å². The minimum Gasteiger partial charge on any atom is -0.497 e. The second-order valence-corrected chi connectivity index (χ2v) is 9.31. The van der Waals surface area contributed by atoms with E-state index in [1.807, 2.05) is 41.5 Å². The van der Waals surface area contributed by atoms with Crippen molar-refractivity contribution < 1.29 is 9.53 Å². The Morgan fingerprint density at radius 3 is 2.64 bits per heavy atom. The fourth-order valence-electron chi connectivity index (χ4n) is 4.38. The van der Waals surface area contributed by atoms with Gasteiger partial charge in [0.15, 0.2) is 4.96 Å². The Labute approximate surface area is 195 Å². The molecule has 0 radical (unpaired) electrons. The number of aromatic nitrogens is 2. The van der Waals surface area contributed by atoms with Crippen LogP contribution in [0.15, 0.2) is 58.8 Å². The van der Waals surface area contributed by atoms with Gasteiger partial charge in [0, 0.05) is 50.4 Å². The molecule has 0 saturated carbocycles. The van der Waals surface area contributed by atoms with Gasteiger partial charge in [-0.25, -0.2) is 4.98 Å². The first-order valence-electron chi connectivity index (χ1n) is 11.1. The first kappa shape index (κ1) is 21.6. The van der Waals surface area contributed by atoms with Gasteiger partial charge in [0.2, 0.25) is 5.91 Å². The summed E-state index contributed by atoms with van der Waals surface area (Å²) in [6.45, 7) is 5.48. The molecule has 33 heavy (non-hydrogen) atoms. The Morgan fingerprint density at radius 2 is 1.85 bits per heavy atom. The first-order chi connectivity index (χ1) is 16.0. The van der Waals surface area contributed by atoms with Crippen molar-refractivity contribution in [2.45, 2.75) is 19.4 Å². The maximum Gasteiger partial charge on any atom is 0.258 e. The normalized spacial score (nSPS) is 15.8. The molecule has 2 aromatic carbocycles. The predicted molar refractivity (Wildman–Crippen MR) is 130 cm³/mol. The average Bonchev–Trinajstić information content (AvgIpc) is 3.32. The number of piperazine rings is 1. The van der Waals surface area contributed by atoms with Crippen LogP contribution in [0, 0.1) is 0 Å². The number of hydrogen-bond donors (Lipinski definition) is 0. The van der Waals surface area contributed by atoms with Crippen molar-refractivity contribution in [1.82, 2.24) is 19.2 Å². The zero-order chi connectivity index (χ0) is 22.9. The molecule has 0 N–H and O–H groups in total. The van der Waals surface area contributed by atoms with Crippen LogP contribution in [0.4, 0.5) is 0 Å². The number of carbonyl (C=O) groups excluding carboxylic acids is 1. The summed E-state index contributed by atoms with van der Waals surface area (Å²) in [5, 5.41) is 4.06. The highest BCUT2D eigenvalue weighted by molar-refractivity contribution is 7.15. The summed E-state index contributed by atoms with van der Waals surface area (Å²) in [6, 6.07) is 13.8. The zero-order valence-corrected chi connectivity index (χ0v) is 19.5. The van der Waals surface area contributed by atoms with E-state index in [1.165, 1.54) is 11.3 Å². The van der Waals surface area contributed by atoms with Gasteiger partial charge < -0.3 is 9.64 Å². The second-order valence-electron chi connectivity index (χ2n) is 8.44. The molecule has 4 aromatic rings. The number of benzene rings is 2. The zero-order valence-electron chi connectivity index (χ0n) is 18.7. The lowest BCUT2D eigenvalue weighted by molar-refractivity contribution is -0.134. The second kappa shape index (κ2) is 8.96. The molecule has 7 nitrogen and oxygen atoms in total. The van der Waals surface area contributed by atoms with E-state index in [2.05, 4.69) is 22.0 Å². The number of hydrogen-bond acceptors (Lipinski definition) is 6. The molecule has 1 aliphatic rings. The molecule has 0 spiro atoms. The molecular formula is C25H26N4O3S. The van der Waals surface area contributed by atoms with Gasteiger partial charge in [0.1, 0.15) is 5.75 Å². The molecule has 1 atom stereocenters. The van der Waals surface area contributed by atoms with Crippen LogP contribution in [0.1, 0.15) is 24.1 Å². The van der Waals surface area contributed by atoms with E-state index in [1.54, 1.807) is 23.8 Å². The summed E-state index contributed by atoms with van der Waals surface area (Å²) in [5.41, 5.74) is 1.75. The van der Waals surface area contributed by atoms with Crippen LogP contribution in [0.3, 0.4) is 0 Å². The molecule has 1 fully saturated rings. The van der Waals surface area contributed by atoms with Gasteiger partial charge in [-0.05, 0) is 35.4 Å². The lowest BCUT2D eigenvalue weighted by Crippen LogP contribution is -2.49. The van der Waals surface area contributed by atoms with Gasteiger partial charge in [0.25, 0.3) is 5.56 Å². The number of thiazole rings is 1. The van der Waals surface area contributed by atoms with E-state index in [0.717, 1.165) is 40.9 Å². The van der Waals surface area contributed by atoms with E-state index < -0.39 is 0 Å². The lowest BCUT2D eigenvalue weighted by Gasteiger charge is -2.35. The molecule has 8 heteroatoms. The highest BCUT2D eigenvalue weighted by Crippen LogP contribution is 2.26. The smallest absolute Gasteiger partial charge is 0.258 e. The van der Waals surface area contributed by atoms with Crippen LogP contribution in [0.5, 0.6) is 5.75 Å². The fourth-order valence-corrected chi connectivity index (χ4v) is 5.12. The van der Waals surface area contributed by atoms with Crippen LogP contribution in [0.2, 0.25) is 0 Å². The van der Waals surface area contributed by atoms with Crippen LogP contribution < -0.4 is 10.3 Å². The number of amides is 1. The number of fused-ring (bicyclic) bond motifs is 2. The Hall–Kier alpha value is -3.23. The summed E-state index contributed by atoms with van der Waals surface area (Å²) < 4.78 is 6.86. The van der Waals surface area contributed by atoms with Gasteiger partial charge in [0.05, 0.1) is 18.7 Å². The standard InChI is InChI=1S/C25H26N4O3S/c1-17(18-3-4-20-14-22(32-2)6-5-19(20)13-18)24(31)28-9-7-27(8-10-28)16-21-15-23(30)29-11-12-33-25(29)26-21/h3-6,11-15,17H,7-10,16H2,1-2H3/t17-/m0/s1. The minimum absolute atomic E-state index is 0.0484. The number of ether oxygens (including phenoxy) is 1. The predicted octanol–water partition coefficient (Wildman–Crippen LogP) is 3.37. The molecule has 1 aliphatic heterocycles. The van der Waals surface area contributed by atoms with Crippen molar-refractivity contribution in [2.24, 2.45) is 0 Å². The third kappa shape index (κ3) is 4.36. The maximum atomic E-state index is 13.2. The monoisotopic (exact) mass is 462 g/mol. The van der Waals surface area contributed by atoms with E-state index in [0.29, 0.717) is 24.6 Å². The molecule has 0 bridgehead atoms. The van der Waals surface area contributed by atoms with Crippen LogP contribution in [-0.2, 0) is 11.3 Å². The van der Waals surface area contributed by atoms with Crippen molar-refractivity contribution in [2.75, 3.05) is 33.3 Å². The minimum atomic E-state index is -0.203. The summed E-state index contributed by atoms with van der Waals surface area (Å²) in [4.78, 5) is 34.9. The number of carbonyl (C=O) groups is 1. The van der Waals surface area contributed by atoms with E-state index in [9.17, 15) is 9.59 Å². The highest BCUT2D eigenvalue weighted by Gasteiger charge is 2.26. The molecule has 0 unspecified atom stereocenters. The van der Waals surface area contributed by atoms with Crippen molar-refractivity contribution in [3.8, 4) is 5.75 Å². The van der Waals surface area contributed by atoms with E-state index in [4.69, 9.17) is 4.74 Å². The third-order valence-corrected chi connectivity index (χ3v) is 7.12. The summed E-state index contributed by atoms with van der Waals surface area (Å²) in [7, 11) is 1.66. The first-order valence-corrected chi connectivity index (χ1v) is 11.9.